The minimum atomic E-state index is -2.16. The quantitative estimate of drug-likeness (QED) is 0.137. The molecule has 0 spiro atoms. The minimum absolute atomic E-state index is 0.0192. The van der Waals surface area contributed by atoms with E-state index in [4.69, 9.17) is 14.2 Å². The molecule has 0 aliphatic carbocycles. The van der Waals surface area contributed by atoms with Gasteiger partial charge in [0, 0.05) is 19.4 Å². The number of methoxy groups -OCH3 is 1. The molecule has 0 aromatic carbocycles. The molecule has 6 heteroatoms. The summed E-state index contributed by atoms with van der Waals surface area (Å²) in [5.74, 6) is 0.353. The lowest BCUT2D eigenvalue weighted by molar-refractivity contribution is -0.108. The smallest absolute Gasteiger partial charge is 0.188 e. The second-order valence-electron chi connectivity index (χ2n) is 6.03. The van der Waals surface area contributed by atoms with E-state index < -0.39 is 8.07 Å². The molecule has 0 saturated carbocycles. The fraction of sp³-hybridized carbons (Fsp3) is 0.833. The number of aldehydes is 1. The first kappa shape index (κ1) is 23.3. The van der Waals surface area contributed by atoms with Crippen LogP contribution in [0.3, 0.4) is 0 Å². The highest BCUT2D eigenvalue weighted by atomic mass is 28.3. The van der Waals surface area contributed by atoms with Crippen molar-refractivity contribution in [1.82, 2.24) is 0 Å². The van der Waals surface area contributed by atoms with Gasteiger partial charge in [-0.1, -0.05) is 45.8 Å². The lowest BCUT2D eigenvalue weighted by atomic mass is 9.99. The van der Waals surface area contributed by atoms with Crippen LogP contribution in [0.25, 0.3) is 0 Å². The zero-order valence-electron chi connectivity index (χ0n) is 16.0. The van der Waals surface area contributed by atoms with Crippen LogP contribution in [0.2, 0.25) is 18.1 Å². The van der Waals surface area contributed by atoms with Crippen molar-refractivity contribution in [2.45, 2.75) is 65.1 Å². The van der Waals surface area contributed by atoms with Gasteiger partial charge < -0.3 is 19.0 Å². The molecule has 0 bridgehead atoms. The van der Waals surface area contributed by atoms with Crippen LogP contribution in [0.15, 0.2) is 11.2 Å². The Bertz CT molecular complexity index is 362. The Morgan fingerprint density at radius 1 is 1.12 bits per heavy atom. The van der Waals surface area contributed by atoms with Crippen LogP contribution in [0.1, 0.15) is 47.0 Å². The number of hydrogen-bond donors (Lipinski definition) is 0. The average Bonchev–Trinajstić information content (AvgIpc) is 2.62. The zero-order chi connectivity index (χ0) is 18.4. The molecule has 0 fully saturated rings. The molecule has 0 aliphatic heterocycles. The molecular formula is C18H35FO4Si. The molecule has 0 radical (unpaired) electrons. The van der Waals surface area contributed by atoms with Gasteiger partial charge in [0.25, 0.3) is 0 Å². The summed E-state index contributed by atoms with van der Waals surface area (Å²) in [6.07, 6.45) is 2.66. The van der Waals surface area contributed by atoms with Crippen molar-refractivity contribution in [1.29, 1.82) is 0 Å². The normalized spacial score (nSPS) is 14.2. The summed E-state index contributed by atoms with van der Waals surface area (Å²) in [6.45, 7) is 9.11. The number of halogens is 1. The van der Waals surface area contributed by atoms with Crippen LogP contribution in [0.4, 0.5) is 4.39 Å². The van der Waals surface area contributed by atoms with Gasteiger partial charge >= 0.3 is 0 Å². The Labute approximate surface area is 147 Å². The van der Waals surface area contributed by atoms with Gasteiger partial charge in [-0.2, -0.15) is 0 Å². The van der Waals surface area contributed by atoms with Crippen LogP contribution >= 0.6 is 0 Å². The first-order valence-electron chi connectivity index (χ1n) is 9.09. The van der Waals surface area contributed by atoms with E-state index in [0.717, 1.165) is 30.8 Å². The Balaban J connectivity index is 5.39. The number of carbonyl (C=O) groups is 1. The molecule has 142 valence electrons. The van der Waals surface area contributed by atoms with Gasteiger partial charge in [0.05, 0.1) is 13.2 Å². The largest absolute Gasteiger partial charge is 0.469 e. The summed E-state index contributed by atoms with van der Waals surface area (Å²) in [4.78, 5) is 10.7. The van der Waals surface area contributed by atoms with Crippen LogP contribution in [-0.2, 0) is 19.0 Å². The van der Waals surface area contributed by atoms with Crippen molar-refractivity contribution in [2.24, 2.45) is 5.92 Å². The lowest BCUT2D eigenvalue weighted by Gasteiger charge is -2.30. The average molecular weight is 363 g/mol. The Morgan fingerprint density at radius 2 is 1.75 bits per heavy atom. The predicted molar refractivity (Wildman–Crippen MR) is 98.2 cm³/mol. The maximum absolute atomic E-state index is 15.5. The van der Waals surface area contributed by atoms with E-state index in [-0.39, 0.29) is 18.2 Å². The third-order valence-electron chi connectivity index (χ3n) is 4.94. The Morgan fingerprint density at radius 3 is 2.21 bits per heavy atom. The van der Waals surface area contributed by atoms with E-state index in [2.05, 4.69) is 20.8 Å². The van der Waals surface area contributed by atoms with Crippen molar-refractivity contribution in [2.75, 3.05) is 27.1 Å². The second kappa shape index (κ2) is 13.6. The molecular weight excluding hydrogens is 327 g/mol. The minimum Gasteiger partial charge on any atom is -0.469 e. The van der Waals surface area contributed by atoms with Gasteiger partial charge in [-0.15, -0.1) is 0 Å². The molecule has 0 aliphatic rings. The van der Waals surface area contributed by atoms with Crippen LogP contribution in [-0.4, -0.2) is 41.5 Å². The summed E-state index contributed by atoms with van der Waals surface area (Å²) >= 11 is 0. The molecule has 24 heavy (non-hydrogen) atoms. The van der Waals surface area contributed by atoms with E-state index in [0.29, 0.717) is 31.8 Å². The molecule has 0 N–H and O–H groups in total. The van der Waals surface area contributed by atoms with Gasteiger partial charge in [-0.3, -0.25) is 0 Å². The zero-order valence-corrected chi connectivity index (χ0v) is 17.0. The van der Waals surface area contributed by atoms with Crippen LogP contribution in [0, 0.1) is 5.92 Å². The van der Waals surface area contributed by atoms with Crippen molar-refractivity contribution in [3.8, 4) is 0 Å². The van der Waals surface area contributed by atoms with E-state index >= 15 is 4.39 Å². The second-order valence-corrected chi connectivity index (χ2v) is 11.2. The molecule has 0 rings (SSSR count). The third-order valence-corrected chi connectivity index (χ3v) is 10.2. The monoisotopic (exact) mass is 362 g/mol. The van der Waals surface area contributed by atoms with Gasteiger partial charge in [-0.05, 0) is 12.8 Å². The first-order chi connectivity index (χ1) is 11.6. The van der Waals surface area contributed by atoms with Gasteiger partial charge in [0.1, 0.15) is 25.6 Å². The molecule has 1 unspecified atom stereocenters. The number of ether oxygens (including phenoxy) is 3. The summed E-state index contributed by atoms with van der Waals surface area (Å²) in [5, 5.41) is 0. The summed E-state index contributed by atoms with van der Waals surface area (Å²) in [7, 11) is -0.555. The lowest BCUT2D eigenvalue weighted by Crippen LogP contribution is -2.35. The Hall–Kier alpha value is -0.723. The maximum atomic E-state index is 15.5. The van der Waals surface area contributed by atoms with E-state index in [1.165, 1.54) is 0 Å². The van der Waals surface area contributed by atoms with Crippen molar-refractivity contribution < 1.29 is 23.4 Å². The topological polar surface area (TPSA) is 44.8 Å². The van der Waals surface area contributed by atoms with E-state index in [1.54, 1.807) is 7.11 Å². The molecule has 0 heterocycles. The summed E-state index contributed by atoms with van der Waals surface area (Å²) in [6, 6.07) is 2.56. The van der Waals surface area contributed by atoms with Crippen LogP contribution in [0.5, 0.6) is 0 Å². The SMILES string of the molecule is CCC(CCC=O)/C(OCOCCOC)=C(\F)[Si](CC)(CC)CC. The molecule has 0 saturated heterocycles. The summed E-state index contributed by atoms with van der Waals surface area (Å²) < 4.78 is 31.5. The van der Waals surface area contributed by atoms with Crippen molar-refractivity contribution in [3.63, 3.8) is 0 Å². The Kier molecular flexibility index (Phi) is 13.1. The van der Waals surface area contributed by atoms with Crippen molar-refractivity contribution in [3.05, 3.63) is 11.2 Å². The van der Waals surface area contributed by atoms with E-state index in [1.807, 2.05) is 6.92 Å². The predicted octanol–water partition coefficient (Wildman–Crippen LogP) is 4.86. The number of carbonyl (C=O) groups excluding carboxylic acids is 1. The highest BCUT2D eigenvalue weighted by Crippen LogP contribution is 2.36. The molecule has 4 nitrogen and oxygen atoms in total. The van der Waals surface area contributed by atoms with E-state index in [9.17, 15) is 4.79 Å². The highest BCUT2D eigenvalue weighted by Gasteiger charge is 2.37. The molecule has 0 aromatic heterocycles. The fourth-order valence-corrected chi connectivity index (χ4v) is 6.16. The third kappa shape index (κ3) is 7.03. The van der Waals surface area contributed by atoms with Crippen molar-refractivity contribution >= 4 is 14.4 Å². The summed E-state index contributed by atoms with van der Waals surface area (Å²) in [5.41, 5.74) is -0.0388. The maximum Gasteiger partial charge on any atom is 0.188 e. The van der Waals surface area contributed by atoms with Gasteiger partial charge in [0.15, 0.2) is 6.79 Å². The number of allylic oxidation sites excluding steroid dienone is 1. The fourth-order valence-electron chi connectivity index (χ4n) is 2.93. The molecule has 0 aromatic rings. The molecule has 1 atom stereocenters. The standard InChI is InChI=1S/C18H35FO4Si/c1-6-16(11-10-12-20)17(23-15-22-14-13-21-5)18(19)24(7-2,8-3)9-4/h12,16H,6-11,13-15H2,1-5H3/b18-17-. The van der Waals surface area contributed by atoms with Gasteiger partial charge in [0.2, 0.25) is 0 Å². The van der Waals surface area contributed by atoms with Crippen LogP contribution < -0.4 is 0 Å². The number of rotatable bonds is 15. The van der Waals surface area contributed by atoms with Gasteiger partial charge in [-0.25, -0.2) is 4.39 Å². The highest BCUT2D eigenvalue weighted by molar-refractivity contribution is 6.85. The first-order valence-corrected chi connectivity index (χ1v) is 11.7. The number of hydrogen-bond acceptors (Lipinski definition) is 4. The molecule has 0 amide bonds.